The Morgan fingerprint density at radius 3 is 2.68 bits per heavy atom. The number of nitrogens with zero attached hydrogens (tertiary/aromatic N) is 2. The quantitative estimate of drug-likeness (QED) is 0.800. The fraction of sp³-hybridized carbons (Fsp3) is 0.389. The Hall–Kier alpha value is -1.61. The highest BCUT2D eigenvalue weighted by Crippen LogP contribution is 2.35. The smallest absolute Gasteiger partial charge is 0.124 e. The summed E-state index contributed by atoms with van der Waals surface area (Å²) < 4.78 is 13.2. The summed E-state index contributed by atoms with van der Waals surface area (Å²) in [5.41, 5.74) is 2.25. The molecule has 4 heteroatoms. The topological polar surface area (TPSA) is 16.1 Å². The Balaban J connectivity index is 1.65. The normalized spacial score (nSPS) is 17.5. The summed E-state index contributed by atoms with van der Waals surface area (Å²) in [4.78, 5) is 6.48. The third-order valence-corrected chi connectivity index (χ3v) is 5.01. The van der Waals surface area contributed by atoms with Gasteiger partial charge in [0.1, 0.15) is 5.82 Å². The SMILES string of the molecule is C[C@H](c1cccnc1)C1CCN(c2ccc(F)cc2Cl)CC1. The first-order valence-corrected chi connectivity index (χ1v) is 8.13. The summed E-state index contributed by atoms with van der Waals surface area (Å²) in [6, 6.07) is 8.80. The average molecular weight is 319 g/mol. The van der Waals surface area contributed by atoms with E-state index in [0.717, 1.165) is 31.6 Å². The molecule has 22 heavy (non-hydrogen) atoms. The summed E-state index contributed by atoms with van der Waals surface area (Å²) in [6.07, 6.45) is 6.01. The zero-order valence-electron chi connectivity index (χ0n) is 12.7. The molecule has 1 aliphatic rings. The largest absolute Gasteiger partial charge is 0.370 e. The molecular formula is C18H20ClFN2. The van der Waals surface area contributed by atoms with Crippen molar-refractivity contribution in [3.63, 3.8) is 0 Å². The molecule has 1 aromatic heterocycles. The number of benzene rings is 1. The first-order chi connectivity index (χ1) is 10.6. The summed E-state index contributed by atoms with van der Waals surface area (Å²) in [7, 11) is 0. The van der Waals surface area contributed by atoms with Gasteiger partial charge >= 0.3 is 0 Å². The van der Waals surface area contributed by atoms with Crippen LogP contribution in [0.5, 0.6) is 0 Å². The second-order valence-electron chi connectivity index (χ2n) is 6.00. The number of hydrogen-bond acceptors (Lipinski definition) is 2. The van der Waals surface area contributed by atoms with Crippen LogP contribution in [0, 0.1) is 11.7 Å². The Kier molecular flexibility index (Phi) is 4.63. The number of piperidine rings is 1. The molecule has 2 nitrogen and oxygen atoms in total. The van der Waals surface area contributed by atoms with E-state index in [1.54, 1.807) is 6.07 Å². The number of aromatic nitrogens is 1. The highest BCUT2D eigenvalue weighted by atomic mass is 35.5. The van der Waals surface area contributed by atoms with Crippen LogP contribution in [0.2, 0.25) is 5.02 Å². The van der Waals surface area contributed by atoms with Crippen LogP contribution in [-0.4, -0.2) is 18.1 Å². The first kappa shape index (κ1) is 15.3. The van der Waals surface area contributed by atoms with Crippen molar-refractivity contribution in [3.8, 4) is 0 Å². The van der Waals surface area contributed by atoms with Crippen molar-refractivity contribution in [1.82, 2.24) is 4.98 Å². The van der Waals surface area contributed by atoms with Gasteiger partial charge in [0.15, 0.2) is 0 Å². The van der Waals surface area contributed by atoms with Gasteiger partial charge in [-0.1, -0.05) is 24.6 Å². The predicted molar refractivity (Wildman–Crippen MR) is 89.0 cm³/mol. The molecule has 3 rings (SSSR count). The van der Waals surface area contributed by atoms with E-state index in [0.29, 0.717) is 16.9 Å². The van der Waals surface area contributed by atoms with Crippen LogP contribution >= 0.6 is 11.6 Å². The number of halogens is 2. The maximum atomic E-state index is 13.2. The van der Waals surface area contributed by atoms with Gasteiger partial charge in [-0.15, -0.1) is 0 Å². The molecule has 0 radical (unpaired) electrons. The van der Waals surface area contributed by atoms with E-state index < -0.39 is 0 Å². The molecule has 0 spiro atoms. The molecule has 0 aliphatic carbocycles. The minimum Gasteiger partial charge on any atom is -0.370 e. The monoisotopic (exact) mass is 318 g/mol. The fourth-order valence-corrected chi connectivity index (χ4v) is 3.58. The second-order valence-corrected chi connectivity index (χ2v) is 6.40. The summed E-state index contributed by atoms with van der Waals surface area (Å²) in [5, 5.41) is 0.499. The van der Waals surface area contributed by atoms with E-state index in [4.69, 9.17) is 11.6 Å². The van der Waals surface area contributed by atoms with Crippen molar-refractivity contribution >= 4 is 17.3 Å². The zero-order valence-corrected chi connectivity index (χ0v) is 13.4. The zero-order chi connectivity index (χ0) is 15.5. The highest BCUT2D eigenvalue weighted by Gasteiger charge is 2.25. The third-order valence-electron chi connectivity index (χ3n) is 4.71. The Morgan fingerprint density at radius 2 is 2.05 bits per heavy atom. The van der Waals surface area contributed by atoms with E-state index in [-0.39, 0.29) is 5.82 Å². The van der Waals surface area contributed by atoms with Gasteiger partial charge in [0, 0.05) is 25.5 Å². The van der Waals surface area contributed by atoms with E-state index in [9.17, 15) is 4.39 Å². The van der Waals surface area contributed by atoms with Crippen molar-refractivity contribution in [2.75, 3.05) is 18.0 Å². The molecular weight excluding hydrogens is 299 g/mol. The molecule has 0 N–H and O–H groups in total. The number of anilines is 1. The van der Waals surface area contributed by atoms with Crippen LogP contribution < -0.4 is 4.90 Å². The van der Waals surface area contributed by atoms with Crippen molar-refractivity contribution in [2.24, 2.45) is 5.92 Å². The standard InChI is InChI=1S/C18H20ClFN2/c1-13(15-3-2-8-21-12-15)14-6-9-22(10-7-14)18-5-4-16(20)11-17(18)19/h2-5,8,11-14H,6-7,9-10H2,1H3/t13-/m0/s1. The molecule has 2 aromatic rings. The van der Waals surface area contributed by atoms with Crippen LogP contribution in [0.1, 0.15) is 31.2 Å². The number of rotatable bonds is 3. The van der Waals surface area contributed by atoms with Crippen molar-refractivity contribution in [3.05, 3.63) is 59.1 Å². The van der Waals surface area contributed by atoms with Crippen molar-refractivity contribution in [2.45, 2.75) is 25.7 Å². The van der Waals surface area contributed by atoms with Gasteiger partial charge in [-0.05, 0) is 54.5 Å². The lowest BCUT2D eigenvalue weighted by Gasteiger charge is -2.36. The van der Waals surface area contributed by atoms with Crippen molar-refractivity contribution < 1.29 is 4.39 Å². The van der Waals surface area contributed by atoms with Gasteiger partial charge in [-0.3, -0.25) is 4.98 Å². The van der Waals surface area contributed by atoms with Crippen LogP contribution in [0.3, 0.4) is 0 Å². The number of hydrogen-bond donors (Lipinski definition) is 0. The van der Waals surface area contributed by atoms with Gasteiger partial charge in [0.05, 0.1) is 10.7 Å². The lowest BCUT2D eigenvalue weighted by atomic mass is 9.82. The third kappa shape index (κ3) is 3.25. The molecule has 1 saturated heterocycles. The molecule has 0 unspecified atom stereocenters. The Labute approximate surface area is 135 Å². The van der Waals surface area contributed by atoms with Gasteiger partial charge in [-0.25, -0.2) is 4.39 Å². The molecule has 116 valence electrons. The van der Waals surface area contributed by atoms with Crippen LogP contribution in [0.15, 0.2) is 42.7 Å². The van der Waals surface area contributed by atoms with E-state index in [1.165, 1.54) is 17.7 Å². The Bertz CT molecular complexity index is 624. The molecule has 1 aromatic carbocycles. The average Bonchev–Trinajstić information content (AvgIpc) is 2.55. The molecule has 0 amide bonds. The first-order valence-electron chi connectivity index (χ1n) is 7.75. The minimum absolute atomic E-state index is 0.283. The van der Waals surface area contributed by atoms with Crippen LogP contribution in [0.25, 0.3) is 0 Å². The maximum absolute atomic E-state index is 13.2. The summed E-state index contributed by atoms with van der Waals surface area (Å²) in [6.45, 7) is 4.20. The molecule has 1 fully saturated rings. The lowest BCUT2D eigenvalue weighted by Crippen LogP contribution is -2.35. The van der Waals surface area contributed by atoms with Gasteiger partial charge in [0.2, 0.25) is 0 Å². The van der Waals surface area contributed by atoms with Gasteiger partial charge in [0.25, 0.3) is 0 Å². The van der Waals surface area contributed by atoms with Crippen LogP contribution in [0.4, 0.5) is 10.1 Å². The van der Waals surface area contributed by atoms with E-state index in [1.807, 2.05) is 18.5 Å². The lowest BCUT2D eigenvalue weighted by molar-refractivity contribution is 0.354. The van der Waals surface area contributed by atoms with Crippen molar-refractivity contribution in [1.29, 1.82) is 0 Å². The maximum Gasteiger partial charge on any atom is 0.124 e. The second kappa shape index (κ2) is 6.66. The molecule has 0 saturated carbocycles. The minimum atomic E-state index is -0.283. The molecule has 2 heterocycles. The van der Waals surface area contributed by atoms with Gasteiger partial charge in [-0.2, -0.15) is 0 Å². The molecule has 1 atom stereocenters. The van der Waals surface area contributed by atoms with Crippen LogP contribution in [-0.2, 0) is 0 Å². The summed E-state index contributed by atoms with van der Waals surface area (Å²) in [5.74, 6) is 0.882. The van der Waals surface area contributed by atoms with Gasteiger partial charge < -0.3 is 4.90 Å². The predicted octanol–water partition coefficient (Wildman–Crippen LogP) is 4.89. The fourth-order valence-electron chi connectivity index (χ4n) is 3.30. The van der Waals surface area contributed by atoms with E-state index in [2.05, 4.69) is 22.9 Å². The number of pyridine rings is 1. The van der Waals surface area contributed by atoms with E-state index >= 15 is 0 Å². The highest BCUT2D eigenvalue weighted by molar-refractivity contribution is 6.33. The molecule has 1 aliphatic heterocycles. The molecule has 0 bridgehead atoms. The summed E-state index contributed by atoms with van der Waals surface area (Å²) >= 11 is 6.17. The Morgan fingerprint density at radius 1 is 1.27 bits per heavy atom.